The van der Waals surface area contributed by atoms with Crippen molar-refractivity contribution in [1.82, 2.24) is 0 Å². The monoisotopic (exact) mass is 340 g/mol. The van der Waals surface area contributed by atoms with Gasteiger partial charge in [-0.15, -0.1) is 0 Å². The van der Waals surface area contributed by atoms with E-state index < -0.39 is 5.97 Å². The maximum Gasteiger partial charge on any atom is 0.303 e. The van der Waals surface area contributed by atoms with Gasteiger partial charge in [-0.25, -0.2) is 0 Å². The molecule has 2 N–H and O–H groups in total. The lowest BCUT2D eigenvalue weighted by Gasteiger charge is -2.03. The molecule has 0 fully saturated rings. The van der Waals surface area contributed by atoms with Crippen molar-refractivity contribution < 1.29 is 15.0 Å². The first-order valence-electron chi connectivity index (χ1n) is 8.62. The minimum Gasteiger partial charge on any atom is -0.481 e. The van der Waals surface area contributed by atoms with E-state index in [2.05, 4.69) is 25.2 Å². The number of allylic oxidation sites excluding steroid dienone is 4. The molecule has 0 aliphatic rings. The van der Waals surface area contributed by atoms with Crippen LogP contribution in [-0.4, -0.2) is 33.8 Å². The molecule has 0 saturated carbocycles. The summed E-state index contributed by atoms with van der Waals surface area (Å²) < 4.78 is 0. The minimum atomic E-state index is -0.720. The smallest absolute Gasteiger partial charge is 0.303 e. The largest absolute Gasteiger partial charge is 0.481 e. The zero-order valence-electron chi connectivity index (χ0n) is 14.3. The van der Waals surface area contributed by atoms with Crippen molar-refractivity contribution in [3.63, 3.8) is 0 Å². The normalized spacial score (nSPS) is 13.5. The van der Waals surface area contributed by atoms with Crippen LogP contribution in [0.4, 0.5) is 0 Å². The summed E-state index contributed by atoms with van der Waals surface area (Å²) in [5.41, 5.74) is 0. The Kier molecular flexibility index (Phi) is 16.6. The van der Waals surface area contributed by atoms with Gasteiger partial charge in [-0.1, -0.05) is 62.6 Å². The SMILES string of the molecule is CCCCCC(O)C=CC=CCCSCC=CCCCC(=O)O. The van der Waals surface area contributed by atoms with Crippen LogP contribution in [-0.2, 0) is 4.79 Å². The molecule has 1 atom stereocenters. The summed E-state index contributed by atoms with van der Waals surface area (Å²) in [5.74, 6) is 1.33. The quantitative estimate of drug-likeness (QED) is 0.251. The highest BCUT2D eigenvalue weighted by Gasteiger charge is 1.96. The fourth-order valence-electron chi connectivity index (χ4n) is 1.93. The molecule has 0 saturated heterocycles. The average molecular weight is 341 g/mol. The lowest BCUT2D eigenvalue weighted by Crippen LogP contribution is -2.00. The van der Waals surface area contributed by atoms with Crippen LogP contribution >= 0.6 is 11.8 Å². The second kappa shape index (κ2) is 17.4. The number of hydrogen-bond acceptors (Lipinski definition) is 3. The molecule has 0 aromatic rings. The van der Waals surface area contributed by atoms with Gasteiger partial charge in [-0.2, -0.15) is 11.8 Å². The topological polar surface area (TPSA) is 57.5 Å². The number of carboxylic acids is 1. The third kappa shape index (κ3) is 19.0. The van der Waals surface area contributed by atoms with Crippen LogP contribution in [0, 0.1) is 0 Å². The Labute approximate surface area is 145 Å². The molecule has 0 aromatic carbocycles. The summed E-state index contributed by atoms with van der Waals surface area (Å²) in [5, 5.41) is 18.2. The summed E-state index contributed by atoms with van der Waals surface area (Å²) in [6.45, 7) is 2.16. The van der Waals surface area contributed by atoms with E-state index in [4.69, 9.17) is 5.11 Å². The standard InChI is InChI=1S/C19H32O3S/c1-2-3-8-13-18(20)14-9-4-6-11-16-23-17-12-7-5-10-15-19(21)22/h4,6-7,9,12,14,18,20H,2-3,5,8,10-11,13,15-17H2,1H3,(H,21,22). The van der Waals surface area contributed by atoms with Crippen LogP contribution in [0.25, 0.3) is 0 Å². The third-order valence-corrected chi connectivity index (χ3v) is 4.21. The van der Waals surface area contributed by atoms with Crippen molar-refractivity contribution in [2.24, 2.45) is 0 Å². The van der Waals surface area contributed by atoms with Crippen LogP contribution in [0.5, 0.6) is 0 Å². The molecule has 0 rings (SSSR count). The first kappa shape index (κ1) is 22.0. The third-order valence-electron chi connectivity index (χ3n) is 3.25. The van der Waals surface area contributed by atoms with E-state index in [1.165, 1.54) is 12.8 Å². The second-order valence-electron chi connectivity index (χ2n) is 5.50. The number of unbranched alkanes of at least 4 members (excludes halogenated alkanes) is 3. The fourth-order valence-corrected chi connectivity index (χ4v) is 2.67. The Morgan fingerprint density at radius 2 is 1.91 bits per heavy atom. The van der Waals surface area contributed by atoms with Crippen LogP contribution in [0.1, 0.15) is 58.3 Å². The Morgan fingerprint density at radius 1 is 1.09 bits per heavy atom. The van der Waals surface area contributed by atoms with E-state index in [1.807, 2.05) is 30.0 Å². The van der Waals surface area contributed by atoms with E-state index in [1.54, 1.807) is 0 Å². The van der Waals surface area contributed by atoms with E-state index in [9.17, 15) is 9.90 Å². The lowest BCUT2D eigenvalue weighted by molar-refractivity contribution is -0.137. The maximum atomic E-state index is 10.3. The molecule has 0 aliphatic carbocycles. The van der Waals surface area contributed by atoms with Crippen LogP contribution in [0.15, 0.2) is 36.5 Å². The number of carbonyl (C=O) groups is 1. The van der Waals surface area contributed by atoms with E-state index >= 15 is 0 Å². The summed E-state index contributed by atoms with van der Waals surface area (Å²) in [4.78, 5) is 10.3. The van der Waals surface area contributed by atoms with Crippen LogP contribution in [0.2, 0.25) is 0 Å². The van der Waals surface area contributed by atoms with Gasteiger partial charge >= 0.3 is 5.97 Å². The molecule has 23 heavy (non-hydrogen) atoms. The number of thioether (sulfide) groups is 1. The van der Waals surface area contributed by atoms with Crippen molar-refractivity contribution in [3.8, 4) is 0 Å². The number of aliphatic carboxylic acids is 1. The van der Waals surface area contributed by atoms with Crippen molar-refractivity contribution in [2.45, 2.75) is 64.4 Å². The number of aliphatic hydroxyl groups excluding tert-OH is 1. The van der Waals surface area contributed by atoms with E-state index in [0.717, 1.165) is 43.6 Å². The summed E-state index contributed by atoms with van der Waals surface area (Å²) >= 11 is 1.87. The summed E-state index contributed by atoms with van der Waals surface area (Å²) in [6.07, 6.45) is 18.9. The fraction of sp³-hybridized carbons (Fsp3) is 0.632. The molecule has 0 radical (unpaired) electrons. The predicted octanol–water partition coefficient (Wildman–Crippen LogP) is 4.97. The van der Waals surface area contributed by atoms with Gasteiger partial charge in [-0.05, 0) is 31.4 Å². The zero-order valence-corrected chi connectivity index (χ0v) is 15.1. The number of rotatable bonds is 15. The van der Waals surface area contributed by atoms with Gasteiger partial charge in [0.1, 0.15) is 0 Å². The van der Waals surface area contributed by atoms with Gasteiger partial charge in [-0.3, -0.25) is 4.79 Å². The first-order valence-corrected chi connectivity index (χ1v) is 9.78. The van der Waals surface area contributed by atoms with Gasteiger partial charge in [0.15, 0.2) is 0 Å². The molecule has 0 bridgehead atoms. The number of hydrogen-bond donors (Lipinski definition) is 2. The first-order chi connectivity index (χ1) is 11.2. The predicted molar refractivity (Wildman–Crippen MR) is 101 cm³/mol. The van der Waals surface area contributed by atoms with Gasteiger partial charge < -0.3 is 10.2 Å². The lowest BCUT2D eigenvalue weighted by atomic mass is 10.1. The molecule has 0 aliphatic heterocycles. The molecule has 4 heteroatoms. The van der Waals surface area contributed by atoms with Crippen molar-refractivity contribution in [2.75, 3.05) is 11.5 Å². The molecule has 132 valence electrons. The highest BCUT2D eigenvalue weighted by molar-refractivity contribution is 7.99. The zero-order chi connectivity index (χ0) is 17.2. The second-order valence-corrected chi connectivity index (χ2v) is 6.65. The van der Waals surface area contributed by atoms with Crippen LogP contribution < -0.4 is 0 Å². The highest BCUT2D eigenvalue weighted by atomic mass is 32.2. The molecular formula is C19H32O3S. The van der Waals surface area contributed by atoms with Crippen molar-refractivity contribution >= 4 is 17.7 Å². The van der Waals surface area contributed by atoms with E-state index in [0.29, 0.717) is 0 Å². The Hall–Kier alpha value is -1.00. The maximum absolute atomic E-state index is 10.3. The van der Waals surface area contributed by atoms with Crippen molar-refractivity contribution in [3.05, 3.63) is 36.5 Å². The van der Waals surface area contributed by atoms with Gasteiger partial charge in [0.05, 0.1) is 6.10 Å². The molecule has 0 heterocycles. The molecule has 0 amide bonds. The summed E-state index contributed by atoms with van der Waals surface area (Å²) in [7, 11) is 0. The van der Waals surface area contributed by atoms with E-state index in [-0.39, 0.29) is 12.5 Å². The van der Waals surface area contributed by atoms with Gasteiger partial charge in [0.2, 0.25) is 0 Å². The average Bonchev–Trinajstić information content (AvgIpc) is 2.51. The molecular weight excluding hydrogens is 308 g/mol. The Balaban J connectivity index is 3.43. The molecule has 0 spiro atoms. The molecule has 1 unspecified atom stereocenters. The van der Waals surface area contributed by atoms with Crippen LogP contribution in [0.3, 0.4) is 0 Å². The van der Waals surface area contributed by atoms with Gasteiger partial charge in [0, 0.05) is 12.2 Å². The molecule has 0 aromatic heterocycles. The number of aliphatic hydroxyl groups is 1. The Bertz CT molecular complexity index is 362. The molecule has 3 nitrogen and oxygen atoms in total. The number of carboxylic acid groups (broad SMARTS) is 1. The summed E-state index contributed by atoms with van der Waals surface area (Å²) in [6, 6.07) is 0. The minimum absolute atomic E-state index is 0.253. The van der Waals surface area contributed by atoms with Crippen molar-refractivity contribution in [1.29, 1.82) is 0 Å². The van der Waals surface area contributed by atoms with Gasteiger partial charge in [0.25, 0.3) is 0 Å². The highest BCUT2D eigenvalue weighted by Crippen LogP contribution is 2.06. The Morgan fingerprint density at radius 3 is 2.65 bits per heavy atom.